The Morgan fingerprint density at radius 1 is 1.44 bits per heavy atom. The van der Waals surface area contributed by atoms with Crippen LogP contribution in [0.4, 0.5) is 0 Å². The Kier molecular flexibility index (Phi) is 4.73. The smallest absolute Gasteiger partial charge is 0.310 e. The summed E-state index contributed by atoms with van der Waals surface area (Å²) in [5.74, 6) is -0.0255. The maximum Gasteiger partial charge on any atom is 0.310 e. The first-order chi connectivity index (χ1) is 7.54. The van der Waals surface area contributed by atoms with Crippen molar-refractivity contribution in [1.29, 1.82) is 0 Å². The van der Waals surface area contributed by atoms with Crippen molar-refractivity contribution in [2.75, 3.05) is 40.8 Å². The van der Waals surface area contributed by atoms with Gasteiger partial charge < -0.3 is 14.5 Å². The number of likely N-dealkylation sites (tertiary alicyclic amines) is 1. The molecule has 1 aliphatic rings. The molecule has 1 amide bonds. The predicted octanol–water partition coefficient (Wildman–Crippen LogP) is -0.0404. The predicted molar refractivity (Wildman–Crippen MR) is 59.9 cm³/mol. The fourth-order valence-corrected chi connectivity index (χ4v) is 1.87. The number of hydrogen-bond donors (Lipinski definition) is 0. The minimum absolute atomic E-state index is 0.0144. The number of methoxy groups -OCH3 is 1. The summed E-state index contributed by atoms with van der Waals surface area (Å²) in [5, 5.41) is 0. The van der Waals surface area contributed by atoms with E-state index < -0.39 is 0 Å². The van der Waals surface area contributed by atoms with Crippen LogP contribution in [0.2, 0.25) is 0 Å². The molecule has 5 nitrogen and oxygen atoms in total. The molecule has 16 heavy (non-hydrogen) atoms. The summed E-state index contributed by atoms with van der Waals surface area (Å²) in [6.07, 6.45) is 1.35. The lowest BCUT2D eigenvalue weighted by Crippen LogP contribution is -2.30. The molecule has 1 fully saturated rings. The molecule has 1 aliphatic heterocycles. The lowest BCUT2D eigenvalue weighted by molar-refractivity contribution is -0.144. The van der Waals surface area contributed by atoms with Crippen LogP contribution in [0, 0.1) is 5.92 Å². The lowest BCUT2D eigenvalue weighted by Gasteiger charge is -2.16. The summed E-state index contributed by atoms with van der Waals surface area (Å²) in [4.78, 5) is 26.4. The van der Waals surface area contributed by atoms with Crippen molar-refractivity contribution in [3.63, 3.8) is 0 Å². The quantitative estimate of drug-likeness (QED) is 0.634. The highest BCUT2D eigenvalue weighted by Gasteiger charge is 2.28. The molecule has 1 heterocycles. The van der Waals surface area contributed by atoms with Gasteiger partial charge in [-0.2, -0.15) is 0 Å². The molecule has 1 saturated heterocycles. The van der Waals surface area contributed by atoms with E-state index in [4.69, 9.17) is 4.74 Å². The molecule has 1 rings (SSSR count). The summed E-state index contributed by atoms with van der Waals surface area (Å²) < 4.78 is 4.71. The Hall–Kier alpha value is -1.10. The van der Waals surface area contributed by atoms with Gasteiger partial charge in [-0.1, -0.05) is 0 Å². The first-order valence-electron chi connectivity index (χ1n) is 5.55. The van der Waals surface area contributed by atoms with Gasteiger partial charge >= 0.3 is 5.97 Å². The van der Waals surface area contributed by atoms with E-state index in [2.05, 4.69) is 4.90 Å². The standard InChI is InChI=1S/C11H20N2O3/c1-12(2)10(14)5-7-13-6-4-9(8-13)11(15)16-3/h9H,4-8H2,1-3H3. The fraction of sp³-hybridized carbons (Fsp3) is 0.818. The van der Waals surface area contributed by atoms with Gasteiger partial charge in [0.2, 0.25) is 5.91 Å². The van der Waals surface area contributed by atoms with Crippen molar-refractivity contribution in [2.45, 2.75) is 12.8 Å². The van der Waals surface area contributed by atoms with E-state index in [1.165, 1.54) is 7.11 Å². The first-order valence-corrected chi connectivity index (χ1v) is 5.55. The zero-order chi connectivity index (χ0) is 12.1. The van der Waals surface area contributed by atoms with Crippen LogP contribution < -0.4 is 0 Å². The third kappa shape index (κ3) is 3.48. The number of amides is 1. The van der Waals surface area contributed by atoms with Gasteiger partial charge in [0, 0.05) is 33.6 Å². The summed E-state index contributed by atoms with van der Waals surface area (Å²) >= 11 is 0. The van der Waals surface area contributed by atoms with Crippen molar-refractivity contribution in [1.82, 2.24) is 9.80 Å². The zero-order valence-electron chi connectivity index (χ0n) is 10.2. The van der Waals surface area contributed by atoms with Crippen molar-refractivity contribution in [3.05, 3.63) is 0 Å². The minimum Gasteiger partial charge on any atom is -0.469 e. The molecule has 1 unspecified atom stereocenters. The number of ether oxygens (including phenoxy) is 1. The van der Waals surface area contributed by atoms with Crippen LogP contribution in [-0.2, 0) is 14.3 Å². The Balaban J connectivity index is 2.27. The van der Waals surface area contributed by atoms with E-state index in [0.29, 0.717) is 13.0 Å². The maximum atomic E-state index is 11.4. The first kappa shape index (κ1) is 13.0. The fourth-order valence-electron chi connectivity index (χ4n) is 1.87. The second-order valence-electron chi connectivity index (χ2n) is 4.35. The third-order valence-electron chi connectivity index (χ3n) is 2.95. The second kappa shape index (κ2) is 5.84. The van der Waals surface area contributed by atoms with Crippen molar-refractivity contribution in [2.24, 2.45) is 5.92 Å². The largest absolute Gasteiger partial charge is 0.469 e. The monoisotopic (exact) mass is 228 g/mol. The number of hydrogen-bond acceptors (Lipinski definition) is 4. The average molecular weight is 228 g/mol. The van der Waals surface area contributed by atoms with E-state index in [9.17, 15) is 9.59 Å². The highest BCUT2D eigenvalue weighted by Crippen LogP contribution is 2.17. The SMILES string of the molecule is COC(=O)C1CCN(CCC(=O)N(C)C)C1. The molecule has 92 valence electrons. The molecule has 5 heteroatoms. The van der Waals surface area contributed by atoms with Gasteiger partial charge in [0.05, 0.1) is 13.0 Å². The highest BCUT2D eigenvalue weighted by atomic mass is 16.5. The normalized spacial score (nSPS) is 20.8. The topological polar surface area (TPSA) is 49.9 Å². The Morgan fingerprint density at radius 2 is 2.12 bits per heavy atom. The van der Waals surface area contributed by atoms with E-state index >= 15 is 0 Å². The van der Waals surface area contributed by atoms with Crippen LogP contribution in [0.25, 0.3) is 0 Å². The van der Waals surface area contributed by atoms with Gasteiger partial charge in [0.1, 0.15) is 0 Å². The number of esters is 1. The maximum absolute atomic E-state index is 11.4. The molecule has 1 atom stereocenters. The van der Waals surface area contributed by atoms with Gasteiger partial charge in [0.15, 0.2) is 0 Å². The molecular weight excluding hydrogens is 208 g/mol. The van der Waals surface area contributed by atoms with Crippen LogP contribution >= 0.6 is 0 Å². The minimum atomic E-state index is -0.138. The van der Waals surface area contributed by atoms with Gasteiger partial charge in [-0.05, 0) is 13.0 Å². The molecule has 0 bridgehead atoms. The Morgan fingerprint density at radius 3 is 2.69 bits per heavy atom. The number of rotatable bonds is 4. The van der Waals surface area contributed by atoms with Crippen LogP contribution in [0.5, 0.6) is 0 Å². The van der Waals surface area contributed by atoms with Crippen LogP contribution in [-0.4, -0.2) is 62.5 Å². The molecule has 0 aromatic carbocycles. The summed E-state index contributed by atoms with van der Waals surface area (Å²) in [7, 11) is 4.92. The second-order valence-corrected chi connectivity index (χ2v) is 4.35. The van der Waals surface area contributed by atoms with Crippen LogP contribution in [0.3, 0.4) is 0 Å². The van der Waals surface area contributed by atoms with Gasteiger partial charge in [-0.3, -0.25) is 9.59 Å². The van der Waals surface area contributed by atoms with Crippen LogP contribution in [0.15, 0.2) is 0 Å². The molecular formula is C11H20N2O3. The molecule has 0 aromatic heterocycles. The highest BCUT2D eigenvalue weighted by molar-refractivity contribution is 5.75. The van der Waals surface area contributed by atoms with Gasteiger partial charge in [0.25, 0.3) is 0 Å². The van der Waals surface area contributed by atoms with Crippen LogP contribution in [0.1, 0.15) is 12.8 Å². The summed E-state index contributed by atoms with van der Waals surface area (Å²) in [6.45, 7) is 2.32. The Bertz CT molecular complexity index is 266. The summed E-state index contributed by atoms with van der Waals surface area (Å²) in [6, 6.07) is 0. The molecule has 0 N–H and O–H groups in total. The van der Waals surface area contributed by atoms with Crippen molar-refractivity contribution < 1.29 is 14.3 Å². The third-order valence-corrected chi connectivity index (χ3v) is 2.95. The van der Waals surface area contributed by atoms with E-state index in [-0.39, 0.29) is 17.8 Å². The molecule has 0 radical (unpaired) electrons. The van der Waals surface area contributed by atoms with E-state index in [1.807, 2.05) is 0 Å². The van der Waals surface area contributed by atoms with Gasteiger partial charge in [-0.15, -0.1) is 0 Å². The van der Waals surface area contributed by atoms with Gasteiger partial charge in [-0.25, -0.2) is 0 Å². The molecule has 0 aromatic rings. The van der Waals surface area contributed by atoms with Crippen molar-refractivity contribution >= 4 is 11.9 Å². The molecule has 0 aliphatic carbocycles. The molecule has 0 spiro atoms. The Labute approximate surface area is 96.3 Å². The van der Waals surface area contributed by atoms with E-state index in [0.717, 1.165) is 19.5 Å². The number of carbonyl (C=O) groups excluding carboxylic acids is 2. The lowest BCUT2D eigenvalue weighted by atomic mass is 10.1. The number of nitrogens with zero attached hydrogens (tertiary/aromatic N) is 2. The summed E-state index contributed by atoms with van der Waals surface area (Å²) in [5.41, 5.74) is 0. The van der Waals surface area contributed by atoms with E-state index in [1.54, 1.807) is 19.0 Å². The number of carbonyl (C=O) groups is 2. The zero-order valence-corrected chi connectivity index (χ0v) is 10.2. The van der Waals surface area contributed by atoms with Crippen molar-refractivity contribution in [3.8, 4) is 0 Å². The molecule has 0 saturated carbocycles. The average Bonchev–Trinajstić information content (AvgIpc) is 2.73.